The molecule has 0 bridgehead atoms. The molecule has 0 radical (unpaired) electrons. The van der Waals surface area contributed by atoms with Crippen molar-refractivity contribution >= 4 is 5.78 Å². The zero-order chi connectivity index (χ0) is 31.2. The van der Waals surface area contributed by atoms with Gasteiger partial charge in [0.15, 0.2) is 0 Å². The van der Waals surface area contributed by atoms with Gasteiger partial charge in [-0.15, -0.1) is 0 Å². The number of unbranched alkanes of at least 4 members (excludes halogenated alkanes) is 37. The van der Waals surface area contributed by atoms with Gasteiger partial charge in [-0.25, -0.2) is 0 Å². The van der Waals surface area contributed by atoms with Crippen LogP contribution in [-0.4, -0.2) is 5.78 Å². The van der Waals surface area contributed by atoms with Crippen molar-refractivity contribution < 1.29 is 4.79 Å². The van der Waals surface area contributed by atoms with E-state index < -0.39 is 0 Å². The van der Waals surface area contributed by atoms with Gasteiger partial charge in [0, 0.05) is 6.42 Å². The van der Waals surface area contributed by atoms with E-state index in [1.54, 1.807) is 6.92 Å². The lowest BCUT2D eigenvalue weighted by Crippen LogP contribution is -1.89. The summed E-state index contributed by atoms with van der Waals surface area (Å²) in [6.45, 7) is 4.02. The standard InChI is InChI=1S/C42H84O/c1-3-4-5-6-7-8-9-10-11-12-13-14-15-16-17-18-19-20-21-22-23-24-25-26-27-28-29-30-31-32-33-34-35-36-37-38-39-40-41-42(2)43/h3-41H2,1-2H3. The molecule has 0 aliphatic heterocycles. The van der Waals surface area contributed by atoms with Crippen molar-refractivity contribution in [2.75, 3.05) is 0 Å². The smallest absolute Gasteiger partial charge is 0.129 e. The molecule has 0 heterocycles. The van der Waals surface area contributed by atoms with E-state index in [0.717, 1.165) is 12.8 Å². The summed E-state index contributed by atoms with van der Waals surface area (Å²) in [5.74, 6) is 0.353. The van der Waals surface area contributed by atoms with Gasteiger partial charge in [0.25, 0.3) is 0 Å². The zero-order valence-electron chi connectivity index (χ0n) is 30.5. The van der Waals surface area contributed by atoms with Crippen LogP contribution < -0.4 is 0 Å². The largest absolute Gasteiger partial charge is 0.300 e. The van der Waals surface area contributed by atoms with Gasteiger partial charge in [-0.3, -0.25) is 0 Å². The van der Waals surface area contributed by atoms with Crippen LogP contribution in [0.25, 0.3) is 0 Å². The lowest BCUT2D eigenvalue weighted by molar-refractivity contribution is -0.117. The summed E-state index contributed by atoms with van der Waals surface area (Å²) in [5, 5.41) is 0. The van der Waals surface area contributed by atoms with E-state index in [4.69, 9.17) is 0 Å². The highest BCUT2D eigenvalue weighted by Gasteiger charge is 1.98. The molecule has 258 valence electrons. The minimum Gasteiger partial charge on any atom is -0.300 e. The molecule has 0 saturated carbocycles. The molecule has 0 rings (SSSR count). The second-order valence-corrected chi connectivity index (χ2v) is 14.5. The van der Waals surface area contributed by atoms with Crippen LogP contribution in [0.15, 0.2) is 0 Å². The number of Topliss-reactive ketones (excluding diaryl/α,β-unsaturated/α-hetero) is 1. The summed E-state index contributed by atoms with van der Waals surface area (Å²) >= 11 is 0. The van der Waals surface area contributed by atoms with E-state index >= 15 is 0 Å². The lowest BCUT2D eigenvalue weighted by atomic mass is 10.0. The summed E-state index contributed by atoms with van der Waals surface area (Å²) in [6, 6.07) is 0. The van der Waals surface area contributed by atoms with Crippen LogP contribution >= 0.6 is 0 Å². The van der Waals surface area contributed by atoms with E-state index in [0.29, 0.717) is 5.78 Å². The molecule has 43 heavy (non-hydrogen) atoms. The number of carbonyl (C=O) groups is 1. The Morgan fingerprint density at radius 3 is 0.535 bits per heavy atom. The Balaban J connectivity index is 3.03. The van der Waals surface area contributed by atoms with Gasteiger partial charge in [-0.1, -0.05) is 244 Å². The molecule has 0 fully saturated rings. The molecule has 0 N–H and O–H groups in total. The molecule has 0 amide bonds. The average molecular weight is 605 g/mol. The number of hydrogen-bond acceptors (Lipinski definition) is 1. The molecule has 0 atom stereocenters. The maximum atomic E-state index is 10.9. The molecular formula is C42H84O. The Labute approximate surface area is 274 Å². The molecule has 0 aromatic carbocycles. The van der Waals surface area contributed by atoms with E-state index in [2.05, 4.69) is 6.92 Å². The minimum atomic E-state index is 0.353. The number of rotatable bonds is 39. The number of hydrogen-bond donors (Lipinski definition) is 0. The highest BCUT2D eigenvalue weighted by molar-refractivity contribution is 5.75. The first-order chi connectivity index (χ1) is 21.3. The monoisotopic (exact) mass is 605 g/mol. The third kappa shape index (κ3) is 41.7. The van der Waals surface area contributed by atoms with Crippen molar-refractivity contribution in [3.05, 3.63) is 0 Å². The van der Waals surface area contributed by atoms with Crippen LogP contribution in [-0.2, 0) is 4.79 Å². The van der Waals surface area contributed by atoms with E-state index in [9.17, 15) is 4.79 Å². The van der Waals surface area contributed by atoms with Crippen LogP contribution in [0.4, 0.5) is 0 Å². The van der Waals surface area contributed by atoms with Gasteiger partial charge in [-0.2, -0.15) is 0 Å². The van der Waals surface area contributed by atoms with Crippen LogP contribution in [0.2, 0.25) is 0 Å². The first-order valence-corrected chi connectivity index (χ1v) is 20.8. The van der Waals surface area contributed by atoms with Crippen LogP contribution in [0.3, 0.4) is 0 Å². The fraction of sp³-hybridized carbons (Fsp3) is 0.976. The molecule has 1 heteroatoms. The fourth-order valence-corrected chi connectivity index (χ4v) is 6.81. The Hall–Kier alpha value is -0.330. The van der Waals surface area contributed by atoms with Crippen molar-refractivity contribution in [2.45, 2.75) is 264 Å². The predicted molar refractivity (Wildman–Crippen MR) is 196 cm³/mol. The summed E-state index contributed by atoms with van der Waals surface area (Å²) in [5.41, 5.74) is 0. The molecular weight excluding hydrogens is 520 g/mol. The van der Waals surface area contributed by atoms with Gasteiger partial charge in [0.1, 0.15) is 5.78 Å². The fourth-order valence-electron chi connectivity index (χ4n) is 6.81. The lowest BCUT2D eigenvalue weighted by Gasteiger charge is -2.05. The first-order valence-electron chi connectivity index (χ1n) is 20.8. The maximum absolute atomic E-state index is 10.9. The van der Waals surface area contributed by atoms with Crippen molar-refractivity contribution in [3.8, 4) is 0 Å². The van der Waals surface area contributed by atoms with Crippen molar-refractivity contribution in [2.24, 2.45) is 0 Å². The first kappa shape index (κ1) is 42.7. The topological polar surface area (TPSA) is 17.1 Å². The van der Waals surface area contributed by atoms with Crippen molar-refractivity contribution in [3.63, 3.8) is 0 Å². The summed E-state index contributed by atoms with van der Waals surface area (Å²) in [6.07, 6.45) is 55.9. The van der Waals surface area contributed by atoms with Gasteiger partial charge in [0.05, 0.1) is 0 Å². The zero-order valence-corrected chi connectivity index (χ0v) is 30.5. The van der Waals surface area contributed by atoms with Gasteiger partial charge in [-0.05, 0) is 13.3 Å². The third-order valence-corrected chi connectivity index (χ3v) is 9.88. The van der Waals surface area contributed by atoms with Gasteiger partial charge < -0.3 is 4.79 Å². The number of ketones is 1. The summed E-state index contributed by atoms with van der Waals surface area (Å²) in [7, 11) is 0. The van der Waals surface area contributed by atoms with E-state index in [-0.39, 0.29) is 0 Å². The SMILES string of the molecule is CCCCCCCCCCCCCCCCCCCCCCCCCCCCCCCCCCCCCCCCC(C)=O. The van der Waals surface area contributed by atoms with Crippen LogP contribution in [0, 0.1) is 0 Å². The molecule has 0 spiro atoms. The highest BCUT2D eigenvalue weighted by atomic mass is 16.1. The van der Waals surface area contributed by atoms with Crippen LogP contribution in [0.5, 0.6) is 0 Å². The van der Waals surface area contributed by atoms with Gasteiger partial charge in [0.2, 0.25) is 0 Å². The second-order valence-electron chi connectivity index (χ2n) is 14.5. The molecule has 0 aromatic rings. The molecule has 1 nitrogen and oxygen atoms in total. The molecule has 0 aliphatic rings. The minimum absolute atomic E-state index is 0.353. The van der Waals surface area contributed by atoms with Crippen LogP contribution in [0.1, 0.15) is 264 Å². The van der Waals surface area contributed by atoms with E-state index in [1.165, 1.54) is 238 Å². The Bertz CT molecular complexity index is 497. The molecule has 0 aliphatic carbocycles. The average Bonchev–Trinajstić information content (AvgIpc) is 3.00. The normalized spacial score (nSPS) is 11.5. The maximum Gasteiger partial charge on any atom is 0.129 e. The van der Waals surface area contributed by atoms with Gasteiger partial charge >= 0.3 is 0 Å². The molecule has 0 aromatic heterocycles. The quantitative estimate of drug-likeness (QED) is 0.0638. The third-order valence-electron chi connectivity index (χ3n) is 9.88. The Morgan fingerprint density at radius 2 is 0.395 bits per heavy atom. The molecule has 0 saturated heterocycles. The molecule has 0 unspecified atom stereocenters. The second kappa shape index (κ2) is 39.7. The number of carbonyl (C=O) groups excluding carboxylic acids is 1. The van der Waals surface area contributed by atoms with Crippen molar-refractivity contribution in [1.29, 1.82) is 0 Å². The Kier molecular flexibility index (Phi) is 39.4. The summed E-state index contributed by atoms with van der Waals surface area (Å²) < 4.78 is 0. The Morgan fingerprint density at radius 1 is 0.256 bits per heavy atom. The van der Waals surface area contributed by atoms with Crippen molar-refractivity contribution in [1.82, 2.24) is 0 Å². The summed E-state index contributed by atoms with van der Waals surface area (Å²) in [4.78, 5) is 10.9. The van der Waals surface area contributed by atoms with E-state index in [1.807, 2.05) is 0 Å². The predicted octanol–water partition coefficient (Wildman–Crippen LogP) is 15.8. The highest BCUT2D eigenvalue weighted by Crippen LogP contribution is 2.17.